The average molecular weight is 649 g/mol. The van der Waals surface area contributed by atoms with Gasteiger partial charge in [-0.2, -0.15) is 0 Å². The highest BCUT2D eigenvalue weighted by molar-refractivity contribution is 9.10. The molecule has 2 aliphatic rings. The summed E-state index contributed by atoms with van der Waals surface area (Å²) in [5.41, 5.74) is 4.80. The van der Waals surface area contributed by atoms with E-state index in [4.69, 9.17) is 19.2 Å². The highest BCUT2D eigenvalue weighted by atomic mass is 79.9. The van der Waals surface area contributed by atoms with Gasteiger partial charge in [-0.05, 0) is 90.8 Å². The zero-order valence-corrected chi connectivity index (χ0v) is 26.2. The van der Waals surface area contributed by atoms with Crippen molar-refractivity contribution in [3.8, 4) is 11.5 Å². The molecule has 0 aliphatic carbocycles. The molecule has 5 rings (SSSR count). The van der Waals surface area contributed by atoms with Gasteiger partial charge in [-0.25, -0.2) is 4.99 Å². The third-order valence-corrected chi connectivity index (χ3v) is 8.46. The summed E-state index contributed by atoms with van der Waals surface area (Å²) in [4.78, 5) is 22.5. The normalized spacial score (nSPS) is 17.3. The Morgan fingerprint density at radius 1 is 1.07 bits per heavy atom. The summed E-state index contributed by atoms with van der Waals surface area (Å²) in [6, 6.07) is 20.1. The molecule has 0 N–H and O–H groups in total. The summed E-state index contributed by atoms with van der Waals surface area (Å²) in [6.07, 6.45) is 4.33. The molecule has 0 atom stereocenters. The minimum absolute atomic E-state index is 0.0949. The lowest BCUT2D eigenvalue weighted by atomic mass is 10.0. The molecule has 2 saturated heterocycles. The van der Waals surface area contributed by atoms with Crippen molar-refractivity contribution in [1.29, 1.82) is 0 Å². The van der Waals surface area contributed by atoms with Crippen molar-refractivity contribution in [3.05, 3.63) is 99.4 Å². The SMILES string of the molecule is C=CCc1cc(/C=C2\SC(=Nc3ccc(N4CCOCC4)cc3)N(C)C2=O)cc(OCC)c1OCc1ccc(Br)cc1. The van der Waals surface area contributed by atoms with E-state index >= 15 is 0 Å². The Bertz CT molecular complexity index is 1480. The Balaban J connectivity index is 1.37. The fourth-order valence-electron chi connectivity index (χ4n) is 4.71. The molecule has 2 heterocycles. The molecule has 218 valence electrons. The number of morpholine rings is 1. The Morgan fingerprint density at radius 3 is 2.50 bits per heavy atom. The van der Waals surface area contributed by atoms with Gasteiger partial charge in [0.15, 0.2) is 16.7 Å². The topological polar surface area (TPSA) is 63.6 Å². The van der Waals surface area contributed by atoms with Gasteiger partial charge >= 0.3 is 0 Å². The number of ether oxygens (including phenoxy) is 3. The smallest absolute Gasteiger partial charge is 0.266 e. The van der Waals surface area contributed by atoms with Crippen molar-refractivity contribution in [2.75, 3.05) is 44.9 Å². The minimum atomic E-state index is -0.0949. The molecule has 1 amide bonds. The quantitative estimate of drug-likeness (QED) is 0.171. The molecule has 2 fully saturated rings. The lowest BCUT2D eigenvalue weighted by molar-refractivity contribution is -0.121. The van der Waals surface area contributed by atoms with Crippen LogP contribution < -0.4 is 14.4 Å². The Labute approximate surface area is 260 Å². The van der Waals surface area contributed by atoms with E-state index in [1.54, 1.807) is 11.9 Å². The van der Waals surface area contributed by atoms with Crippen LogP contribution in [0.2, 0.25) is 0 Å². The van der Waals surface area contributed by atoms with Crippen LogP contribution in [0.4, 0.5) is 11.4 Å². The molecule has 42 heavy (non-hydrogen) atoms. The zero-order valence-electron chi connectivity index (χ0n) is 23.8. The van der Waals surface area contributed by atoms with E-state index < -0.39 is 0 Å². The lowest BCUT2D eigenvalue weighted by Gasteiger charge is -2.28. The predicted molar refractivity (Wildman–Crippen MR) is 175 cm³/mol. The van der Waals surface area contributed by atoms with Crippen LogP contribution in [0.1, 0.15) is 23.6 Å². The zero-order chi connectivity index (χ0) is 29.5. The van der Waals surface area contributed by atoms with E-state index in [9.17, 15) is 4.79 Å². The Kier molecular flexibility index (Phi) is 10.0. The molecule has 3 aromatic rings. The van der Waals surface area contributed by atoms with Gasteiger partial charge in [-0.15, -0.1) is 6.58 Å². The van der Waals surface area contributed by atoms with Crippen molar-refractivity contribution < 1.29 is 19.0 Å². The van der Waals surface area contributed by atoms with Gasteiger partial charge in [0, 0.05) is 35.9 Å². The van der Waals surface area contributed by atoms with Crippen molar-refractivity contribution in [2.45, 2.75) is 20.0 Å². The van der Waals surface area contributed by atoms with Gasteiger partial charge in [0.1, 0.15) is 6.61 Å². The fraction of sp³-hybridized carbons (Fsp3) is 0.273. The molecule has 0 saturated carbocycles. The predicted octanol–water partition coefficient (Wildman–Crippen LogP) is 7.23. The van der Waals surface area contributed by atoms with Crippen LogP contribution in [-0.4, -0.2) is 55.9 Å². The Morgan fingerprint density at radius 2 is 1.81 bits per heavy atom. The molecule has 0 spiro atoms. The van der Waals surface area contributed by atoms with Gasteiger partial charge in [0.05, 0.1) is 30.4 Å². The lowest BCUT2D eigenvalue weighted by Crippen LogP contribution is -2.36. The molecular weight excluding hydrogens is 614 g/mol. The number of thioether (sulfide) groups is 1. The molecule has 9 heteroatoms. The second-order valence-corrected chi connectivity index (χ2v) is 11.8. The average Bonchev–Trinajstić information content (AvgIpc) is 3.26. The highest BCUT2D eigenvalue weighted by Gasteiger charge is 2.30. The van der Waals surface area contributed by atoms with E-state index in [2.05, 4.69) is 39.5 Å². The van der Waals surface area contributed by atoms with Gasteiger partial charge < -0.3 is 19.1 Å². The maximum absolute atomic E-state index is 13.2. The first-order chi connectivity index (χ1) is 20.4. The van der Waals surface area contributed by atoms with Crippen LogP contribution in [0.5, 0.6) is 11.5 Å². The van der Waals surface area contributed by atoms with Crippen LogP contribution in [0.3, 0.4) is 0 Å². The summed E-state index contributed by atoms with van der Waals surface area (Å²) in [6.45, 7) is 10.0. The van der Waals surface area contributed by atoms with E-state index in [0.29, 0.717) is 41.2 Å². The summed E-state index contributed by atoms with van der Waals surface area (Å²) in [5.74, 6) is 1.23. The third kappa shape index (κ3) is 7.27. The van der Waals surface area contributed by atoms with E-state index in [0.717, 1.165) is 58.8 Å². The Hall–Kier alpha value is -3.53. The first-order valence-electron chi connectivity index (χ1n) is 13.9. The van der Waals surface area contributed by atoms with E-state index in [-0.39, 0.29) is 5.91 Å². The number of aliphatic imine (C=N–C) groups is 1. The number of amides is 1. The molecule has 0 unspecified atom stereocenters. The van der Waals surface area contributed by atoms with Gasteiger partial charge in [0.25, 0.3) is 5.91 Å². The maximum atomic E-state index is 13.2. The first-order valence-corrected chi connectivity index (χ1v) is 15.5. The monoisotopic (exact) mass is 647 g/mol. The van der Waals surface area contributed by atoms with Crippen LogP contribution in [0, 0.1) is 0 Å². The van der Waals surface area contributed by atoms with E-state index in [1.165, 1.54) is 11.8 Å². The number of likely N-dealkylation sites (N-methyl/N-ethyl adjacent to an activating group) is 1. The standard InChI is InChI=1S/C33H34BrN3O4S/c1-4-6-25-19-24(20-29(40-5-2)31(25)41-22-23-7-9-26(34)10-8-23)21-30-32(38)36(3)33(42-30)35-27-11-13-28(14-12-27)37-15-17-39-18-16-37/h4,7-14,19-21H,1,5-6,15-18,22H2,2-3H3/b30-21-,35-33?. The van der Waals surface area contributed by atoms with Gasteiger partial charge in [-0.1, -0.05) is 34.1 Å². The molecule has 0 radical (unpaired) electrons. The van der Waals surface area contributed by atoms with Crippen molar-refractivity contribution in [3.63, 3.8) is 0 Å². The molecule has 7 nitrogen and oxygen atoms in total. The largest absolute Gasteiger partial charge is 0.490 e. The number of carbonyl (C=O) groups excluding carboxylic acids is 1. The van der Waals surface area contributed by atoms with Gasteiger partial charge in [0.2, 0.25) is 0 Å². The molecule has 2 aliphatic heterocycles. The van der Waals surface area contributed by atoms with Crippen LogP contribution in [0.25, 0.3) is 6.08 Å². The molecule has 0 bridgehead atoms. The van der Waals surface area contributed by atoms with Crippen molar-refractivity contribution >= 4 is 56.2 Å². The van der Waals surface area contributed by atoms with Crippen LogP contribution >= 0.6 is 27.7 Å². The number of carbonyl (C=O) groups is 1. The second-order valence-electron chi connectivity index (χ2n) is 9.83. The number of halogens is 1. The third-order valence-electron chi connectivity index (χ3n) is 6.87. The summed E-state index contributed by atoms with van der Waals surface area (Å²) in [5, 5.41) is 0.635. The number of hydrogen-bond acceptors (Lipinski definition) is 7. The number of allylic oxidation sites excluding steroid dienone is 1. The fourth-order valence-corrected chi connectivity index (χ4v) is 5.96. The van der Waals surface area contributed by atoms with Gasteiger partial charge in [-0.3, -0.25) is 9.69 Å². The van der Waals surface area contributed by atoms with E-state index in [1.807, 2.05) is 67.6 Å². The van der Waals surface area contributed by atoms with Crippen molar-refractivity contribution in [1.82, 2.24) is 4.90 Å². The molecule has 3 aromatic carbocycles. The number of hydrogen-bond donors (Lipinski definition) is 0. The first kappa shape index (κ1) is 29.9. The summed E-state index contributed by atoms with van der Waals surface area (Å²) < 4.78 is 18.8. The number of anilines is 1. The van der Waals surface area contributed by atoms with Crippen molar-refractivity contribution in [2.24, 2.45) is 4.99 Å². The number of rotatable bonds is 10. The molecular formula is C33H34BrN3O4S. The summed E-state index contributed by atoms with van der Waals surface area (Å²) in [7, 11) is 1.75. The number of benzene rings is 3. The van der Waals surface area contributed by atoms with Crippen LogP contribution in [0.15, 0.2) is 87.7 Å². The second kappa shape index (κ2) is 14.1. The highest BCUT2D eigenvalue weighted by Crippen LogP contribution is 2.38. The number of amidine groups is 1. The number of nitrogens with zero attached hydrogens (tertiary/aromatic N) is 3. The summed E-state index contributed by atoms with van der Waals surface area (Å²) >= 11 is 4.84. The maximum Gasteiger partial charge on any atom is 0.266 e. The minimum Gasteiger partial charge on any atom is -0.490 e. The van der Waals surface area contributed by atoms with Crippen LogP contribution in [-0.2, 0) is 22.6 Å². The molecule has 0 aromatic heterocycles.